The number of carbonyl (C=O) groups is 2. The van der Waals surface area contributed by atoms with Gasteiger partial charge in [-0.3, -0.25) is 9.59 Å². The summed E-state index contributed by atoms with van der Waals surface area (Å²) in [6, 6.07) is 1.76. The Labute approximate surface area is 125 Å². The van der Waals surface area contributed by atoms with E-state index in [1.165, 1.54) is 6.20 Å². The second-order valence-corrected chi connectivity index (χ2v) is 5.99. The first-order valence-corrected chi connectivity index (χ1v) is 7.05. The molecule has 22 heavy (non-hydrogen) atoms. The van der Waals surface area contributed by atoms with E-state index in [0.29, 0.717) is 42.8 Å². The van der Waals surface area contributed by atoms with Crippen LogP contribution in [-0.4, -0.2) is 46.3 Å². The molecule has 0 aromatic carbocycles. The average Bonchev–Trinajstić information content (AvgIpc) is 3.03. The second kappa shape index (κ2) is 4.16. The lowest BCUT2D eigenvalue weighted by Crippen LogP contribution is -2.45. The molecule has 4 rings (SSSR count). The molecule has 4 aliphatic rings. The number of hydrogen-bond acceptors (Lipinski definition) is 4. The fraction of sp³-hybridized carbons (Fsp3) is 0.333. The number of nitrogens with one attached hydrogen (secondary N) is 2. The van der Waals surface area contributed by atoms with Gasteiger partial charge in [0, 0.05) is 25.6 Å². The average molecular weight is 298 g/mol. The maximum atomic E-state index is 12.7. The Balaban J connectivity index is 1.88. The number of nitrogens with zero attached hydrogens (tertiary/aromatic N) is 2. The molecule has 0 aromatic rings. The highest BCUT2D eigenvalue weighted by Gasteiger charge is 2.48. The number of rotatable bonds is 1. The highest BCUT2D eigenvalue weighted by molar-refractivity contribution is 5.78. The van der Waals surface area contributed by atoms with Crippen molar-refractivity contribution >= 4 is 12.3 Å². The molecule has 2 aliphatic carbocycles. The molecule has 1 spiro atoms. The standard InChI is InChI=1S/C15H14N4O3/c1-19-14(22)17-7-15(19)3-8-2-11-12(13(21)10(8)4-15)16-5-9(6-20)18-11/h2,5-6,18H,3-4,7H2,1H3,(H,17,22). The number of amides is 2. The zero-order valence-electron chi connectivity index (χ0n) is 12.0. The molecule has 0 saturated carbocycles. The van der Waals surface area contributed by atoms with E-state index in [4.69, 9.17) is 0 Å². The summed E-state index contributed by atoms with van der Waals surface area (Å²) in [5.74, 6) is 0. The predicted molar refractivity (Wildman–Crippen MR) is 78.2 cm³/mol. The number of hydrogen-bond donors (Lipinski definition) is 2. The molecule has 2 aliphatic heterocycles. The number of likely N-dealkylation sites (N-methyl/N-ethyl adjacent to an activating group) is 1. The van der Waals surface area contributed by atoms with Crippen molar-refractivity contribution in [1.82, 2.24) is 20.2 Å². The van der Waals surface area contributed by atoms with Crippen molar-refractivity contribution in [2.75, 3.05) is 13.6 Å². The van der Waals surface area contributed by atoms with Crippen LogP contribution in [0.1, 0.15) is 21.6 Å². The van der Waals surface area contributed by atoms with Gasteiger partial charge < -0.3 is 15.2 Å². The van der Waals surface area contributed by atoms with Gasteiger partial charge in [-0.1, -0.05) is 0 Å². The van der Waals surface area contributed by atoms with Crippen LogP contribution in [0.5, 0.6) is 0 Å². The van der Waals surface area contributed by atoms with Gasteiger partial charge in [0.15, 0.2) is 6.29 Å². The quantitative estimate of drug-likeness (QED) is 0.734. The molecule has 0 aromatic heterocycles. The summed E-state index contributed by atoms with van der Waals surface area (Å²) in [4.78, 5) is 44.0. The topological polar surface area (TPSA) is 95.2 Å². The van der Waals surface area contributed by atoms with E-state index in [-0.39, 0.29) is 17.0 Å². The molecule has 2 heterocycles. The molecule has 7 nitrogen and oxygen atoms in total. The summed E-state index contributed by atoms with van der Waals surface area (Å²) < 4.78 is 0. The third-order valence-corrected chi connectivity index (χ3v) is 4.80. The van der Waals surface area contributed by atoms with Gasteiger partial charge in [-0.25, -0.2) is 9.78 Å². The fourth-order valence-corrected chi connectivity index (χ4v) is 3.50. The minimum absolute atomic E-state index is 0.113. The van der Waals surface area contributed by atoms with E-state index in [0.717, 1.165) is 11.1 Å². The van der Waals surface area contributed by atoms with E-state index in [2.05, 4.69) is 15.3 Å². The van der Waals surface area contributed by atoms with E-state index in [1.54, 1.807) is 11.9 Å². The Morgan fingerprint density at radius 3 is 2.86 bits per heavy atom. The van der Waals surface area contributed by atoms with Crippen LogP contribution in [0.4, 0.5) is 4.79 Å². The molecular formula is C15H14N4O3. The summed E-state index contributed by atoms with van der Waals surface area (Å²) in [5.41, 5.74) is 2.37. The zero-order valence-corrected chi connectivity index (χ0v) is 12.0. The van der Waals surface area contributed by atoms with Gasteiger partial charge in [0.25, 0.3) is 0 Å². The molecule has 0 bridgehead atoms. The number of aromatic amines is 1. The monoisotopic (exact) mass is 298 g/mol. The molecule has 112 valence electrons. The molecule has 1 fully saturated rings. The first kappa shape index (κ1) is 13.0. The first-order chi connectivity index (χ1) is 10.5. The molecule has 7 heteroatoms. The van der Waals surface area contributed by atoms with Crippen molar-refractivity contribution in [2.45, 2.75) is 18.4 Å². The zero-order chi connectivity index (χ0) is 15.5. The van der Waals surface area contributed by atoms with Crippen LogP contribution in [0, 0.1) is 0 Å². The van der Waals surface area contributed by atoms with Crippen LogP contribution in [0.25, 0.3) is 11.4 Å². The van der Waals surface area contributed by atoms with Crippen molar-refractivity contribution in [2.24, 2.45) is 0 Å². The van der Waals surface area contributed by atoms with Gasteiger partial charge in [0.2, 0.25) is 5.43 Å². The molecule has 1 unspecified atom stereocenters. The third-order valence-electron chi connectivity index (χ3n) is 4.80. The molecule has 0 radical (unpaired) electrons. The molecule has 2 N–H and O–H groups in total. The Morgan fingerprint density at radius 2 is 2.18 bits per heavy atom. The second-order valence-electron chi connectivity index (χ2n) is 5.99. The van der Waals surface area contributed by atoms with Crippen molar-refractivity contribution in [3.05, 3.63) is 39.3 Å². The Hall–Kier alpha value is -2.70. The van der Waals surface area contributed by atoms with Gasteiger partial charge in [-0.15, -0.1) is 0 Å². The number of aldehydes is 1. The predicted octanol–water partition coefficient (Wildman–Crippen LogP) is 0.180. The van der Waals surface area contributed by atoms with E-state index < -0.39 is 0 Å². The summed E-state index contributed by atoms with van der Waals surface area (Å²) in [7, 11) is 1.76. The van der Waals surface area contributed by atoms with Crippen LogP contribution >= 0.6 is 0 Å². The third kappa shape index (κ3) is 1.56. The number of benzene rings is 1. The minimum Gasteiger partial charge on any atom is -0.350 e. The molecule has 1 saturated heterocycles. The maximum Gasteiger partial charge on any atom is 0.317 e. The highest BCUT2D eigenvalue weighted by Crippen LogP contribution is 2.36. The number of aromatic nitrogens is 2. The fourth-order valence-electron chi connectivity index (χ4n) is 3.50. The van der Waals surface area contributed by atoms with E-state index >= 15 is 0 Å². The number of urea groups is 1. The van der Waals surface area contributed by atoms with Crippen LogP contribution < -0.4 is 10.7 Å². The smallest absolute Gasteiger partial charge is 0.317 e. The SMILES string of the molecule is CN1C(=O)NCC12Cc1cc3[nH]c(C=O)cnc-3c(=O)c1C2. The van der Waals surface area contributed by atoms with Crippen LogP contribution in [0.15, 0.2) is 17.1 Å². The normalized spacial score (nSPS) is 23.1. The summed E-state index contributed by atoms with van der Waals surface area (Å²) in [6.07, 6.45) is 3.19. The summed E-state index contributed by atoms with van der Waals surface area (Å²) >= 11 is 0. The van der Waals surface area contributed by atoms with Gasteiger partial charge >= 0.3 is 6.03 Å². The van der Waals surface area contributed by atoms with Gasteiger partial charge in [-0.2, -0.15) is 0 Å². The first-order valence-electron chi connectivity index (χ1n) is 7.05. The lowest BCUT2D eigenvalue weighted by Gasteiger charge is -2.29. The van der Waals surface area contributed by atoms with Crippen molar-refractivity contribution < 1.29 is 9.59 Å². The van der Waals surface area contributed by atoms with Crippen molar-refractivity contribution in [3.63, 3.8) is 0 Å². The highest BCUT2D eigenvalue weighted by atomic mass is 16.2. The van der Waals surface area contributed by atoms with Crippen LogP contribution in [0.3, 0.4) is 0 Å². The lowest BCUT2D eigenvalue weighted by molar-refractivity contribution is 0.111. The van der Waals surface area contributed by atoms with Crippen LogP contribution in [-0.2, 0) is 12.8 Å². The van der Waals surface area contributed by atoms with E-state index in [9.17, 15) is 14.4 Å². The molecule has 1 atom stereocenters. The number of fused-ring (bicyclic) bond motifs is 2. The number of H-pyrrole nitrogens is 1. The van der Waals surface area contributed by atoms with Gasteiger partial charge in [-0.05, 0) is 18.1 Å². The Morgan fingerprint density at radius 1 is 1.36 bits per heavy atom. The minimum atomic E-state index is -0.372. The Kier molecular flexibility index (Phi) is 2.46. The van der Waals surface area contributed by atoms with Crippen molar-refractivity contribution in [1.29, 1.82) is 0 Å². The molecular weight excluding hydrogens is 284 g/mol. The summed E-state index contributed by atoms with van der Waals surface area (Å²) in [6.45, 7) is 0.531. The maximum absolute atomic E-state index is 12.7. The lowest BCUT2D eigenvalue weighted by atomic mass is 9.96. The van der Waals surface area contributed by atoms with Crippen molar-refractivity contribution in [3.8, 4) is 11.4 Å². The van der Waals surface area contributed by atoms with E-state index in [1.807, 2.05) is 6.07 Å². The van der Waals surface area contributed by atoms with Gasteiger partial charge in [0.05, 0.1) is 23.1 Å². The Bertz CT molecular complexity index is 843. The molecule has 2 amide bonds. The number of carbonyl (C=O) groups excluding carboxylic acids is 2. The van der Waals surface area contributed by atoms with Gasteiger partial charge in [0.1, 0.15) is 5.69 Å². The van der Waals surface area contributed by atoms with Crippen LogP contribution in [0.2, 0.25) is 0 Å². The summed E-state index contributed by atoms with van der Waals surface area (Å²) in [5, 5.41) is 2.83. The largest absolute Gasteiger partial charge is 0.350 e.